The molecule has 19 heavy (non-hydrogen) atoms. The van der Waals surface area contributed by atoms with Crippen LogP contribution in [0.5, 0.6) is 0 Å². The summed E-state index contributed by atoms with van der Waals surface area (Å²) in [4.78, 5) is 0. The molecule has 1 aromatic carbocycles. The molecule has 2 unspecified atom stereocenters. The summed E-state index contributed by atoms with van der Waals surface area (Å²) in [7, 11) is 0. The molecule has 0 bridgehead atoms. The number of aromatic nitrogens is 2. The van der Waals surface area contributed by atoms with Crippen LogP contribution in [0.25, 0.3) is 0 Å². The standard InChI is InChI=1S/C16H22N2O/c1-3-10-18-12-14(11-17-18)16(19)15(4-2)13-8-6-5-7-9-13/h5-9,11-12,15-16,19H,3-4,10H2,1-2H3. The number of hydrogen-bond acceptors (Lipinski definition) is 2. The van der Waals surface area contributed by atoms with Crippen molar-refractivity contribution in [3.8, 4) is 0 Å². The van der Waals surface area contributed by atoms with Gasteiger partial charge in [0.25, 0.3) is 0 Å². The van der Waals surface area contributed by atoms with Crippen LogP contribution in [0.2, 0.25) is 0 Å². The maximum Gasteiger partial charge on any atom is 0.0888 e. The first-order valence-electron chi connectivity index (χ1n) is 7.01. The molecule has 3 nitrogen and oxygen atoms in total. The number of aliphatic hydroxyl groups is 1. The minimum atomic E-state index is -0.488. The van der Waals surface area contributed by atoms with Crippen molar-refractivity contribution in [2.24, 2.45) is 0 Å². The van der Waals surface area contributed by atoms with Gasteiger partial charge in [-0.15, -0.1) is 0 Å². The van der Waals surface area contributed by atoms with E-state index in [-0.39, 0.29) is 5.92 Å². The molecule has 2 aromatic rings. The van der Waals surface area contributed by atoms with Crippen molar-refractivity contribution in [2.75, 3.05) is 0 Å². The molecule has 0 fully saturated rings. The van der Waals surface area contributed by atoms with Gasteiger partial charge in [-0.3, -0.25) is 4.68 Å². The van der Waals surface area contributed by atoms with E-state index in [1.807, 2.05) is 29.1 Å². The monoisotopic (exact) mass is 258 g/mol. The van der Waals surface area contributed by atoms with Gasteiger partial charge >= 0.3 is 0 Å². The maximum absolute atomic E-state index is 10.6. The second-order valence-electron chi connectivity index (χ2n) is 4.91. The Hall–Kier alpha value is -1.61. The minimum absolute atomic E-state index is 0.125. The Morgan fingerprint density at radius 2 is 1.89 bits per heavy atom. The SMILES string of the molecule is CCCn1cc(C(O)C(CC)c2ccccc2)cn1. The lowest BCUT2D eigenvalue weighted by atomic mass is 9.88. The van der Waals surface area contributed by atoms with E-state index in [9.17, 15) is 5.11 Å². The largest absolute Gasteiger partial charge is 0.388 e. The van der Waals surface area contributed by atoms with Gasteiger partial charge < -0.3 is 5.11 Å². The van der Waals surface area contributed by atoms with E-state index in [4.69, 9.17) is 0 Å². The Balaban J connectivity index is 2.18. The zero-order valence-electron chi connectivity index (χ0n) is 11.7. The summed E-state index contributed by atoms with van der Waals surface area (Å²) in [6.07, 6.45) is 5.21. The number of benzene rings is 1. The third-order valence-electron chi connectivity index (χ3n) is 3.50. The first kappa shape index (κ1) is 13.8. The van der Waals surface area contributed by atoms with Crippen molar-refractivity contribution in [2.45, 2.75) is 45.3 Å². The molecule has 0 spiro atoms. The van der Waals surface area contributed by atoms with Crippen LogP contribution in [0.4, 0.5) is 0 Å². The highest BCUT2D eigenvalue weighted by Gasteiger charge is 2.22. The Morgan fingerprint density at radius 3 is 2.53 bits per heavy atom. The fourth-order valence-electron chi connectivity index (χ4n) is 2.46. The van der Waals surface area contributed by atoms with Gasteiger partial charge in [0.15, 0.2) is 0 Å². The molecule has 2 rings (SSSR count). The van der Waals surface area contributed by atoms with Crippen LogP contribution < -0.4 is 0 Å². The molecule has 3 heteroatoms. The number of hydrogen-bond donors (Lipinski definition) is 1. The van der Waals surface area contributed by atoms with Gasteiger partial charge in [-0.05, 0) is 18.4 Å². The van der Waals surface area contributed by atoms with Crippen LogP contribution in [-0.4, -0.2) is 14.9 Å². The van der Waals surface area contributed by atoms with Crippen LogP contribution in [0.1, 0.15) is 49.8 Å². The van der Waals surface area contributed by atoms with Gasteiger partial charge in [0.1, 0.15) is 0 Å². The molecule has 0 radical (unpaired) electrons. The molecule has 0 aliphatic carbocycles. The number of aliphatic hydroxyl groups excluding tert-OH is 1. The molecule has 1 aromatic heterocycles. The maximum atomic E-state index is 10.6. The Labute approximate surface area is 114 Å². The summed E-state index contributed by atoms with van der Waals surface area (Å²) in [5, 5.41) is 14.9. The second kappa shape index (κ2) is 6.53. The first-order chi connectivity index (χ1) is 9.26. The molecular weight excluding hydrogens is 236 g/mol. The summed E-state index contributed by atoms with van der Waals surface area (Å²) < 4.78 is 1.90. The fraction of sp³-hybridized carbons (Fsp3) is 0.438. The molecule has 1 N–H and O–H groups in total. The Kier molecular flexibility index (Phi) is 4.74. The zero-order valence-corrected chi connectivity index (χ0v) is 11.7. The van der Waals surface area contributed by atoms with Gasteiger partial charge in [-0.2, -0.15) is 5.10 Å². The van der Waals surface area contributed by atoms with Gasteiger partial charge in [0.05, 0.1) is 12.3 Å². The van der Waals surface area contributed by atoms with Gasteiger partial charge in [-0.25, -0.2) is 0 Å². The Morgan fingerprint density at radius 1 is 1.16 bits per heavy atom. The summed E-state index contributed by atoms with van der Waals surface area (Å²) >= 11 is 0. The summed E-state index contributed by atoms with van der Waals surface area (Å²) in [6, 6.07) is 10.2. The van der Waals surface area contributed by atoms with Crippen molar-refractivity contribution in [3.05, 3.63) is 53.9 Å². The molecule has 2 atom stereocenters. The third kappa shape index (κ3) is 3.24. The highest BCUT2D eigenvalue weighted by Crippen LogP contribution is 2.33. The van der Waals surface area contributed by atoms with Crippen molar-refractivity contribution in [1.82, 2.24) is 9.78 Å². The quantitative estimate of drug-likeness (QED) is 0.861. The van der Waals surface area contributed by atoms with Crippen molar-refractivity contribution in [1.29, 1.82) is 0 Å². The van der Waals surface area contributed by atoms with Gasteiger partial charge in [-0.1, -0.05) is 44.2 Å². The van der Waals surface area contributed by atoms with E-state index in [2.05, 4.69) is 31.1 Å². The van der Waals surface area contributed by atoms with E-state index in [0.717, 1.165) is 24.9 Å². The smallest absolute Gasteiger partial charge is 0.0888 e. The van der Waals surface area contributed by atoms with Gasteiger partial charge in [0, 0.05) is 24.2 Å². The molecule has 0 amide bonds. The topological polar surface area (TPSA) is 38.0 Å². The zero-order chi connectivity index (χ0) is 13.7. The second-order valence-corrected chi connectivity index (χ2v) is 4.91. The van der Waals surface area contributed by atoms with Crippen LogP contribution in [0.3, 0.4) is 0 Å². The molecule has 1 heterocycles. The molecule has 0 saturated heterocycles. The lowest BCUT2D eigenvalue weighted by Crippen LogP contribution is -2.09. The Bertz CT molecular complexity index is 492. The molecule has 102 valence electrons. The fourth-order valence-corrected chi connectivity index (χ4v) is 2.46. The van der Waals surface area contributed by atoms with Crippen molar-refractivity contribution in [3.63, 3.8) is 0 Å². The predicted octanol–water partition coefficient (Wildman–Crippen LogP) is 3.52. The predicted molar refractivity (Wildman–Crippen MR) is 77.0 cm³/mol. The lowest BCUT2D eigenvalue weighted by molar-refractivity contribution is 0.142. The van der Waals surface area contributed by atoms with Crippen LogP contribution in [-0.2, 0) is 6.54 Å². The normalized spacial score (nSPS) is 14.3. The van der Waals surface area contributed by atoms with E-state index in [1.165, 1.54) is 5.56 Å². The van der Waals surface area contributed by atoms with Crippen LogP contribution in [0.15, 0.2) is 42.7 Å². The molecular formula is C16H22N2O. The van der Waals surface area contributed by atoms with E-state index in [0.29, 0.717) is 0 Å². The molecule has 0 aliphatic heterocycles. The average molecular weight is 258 g/mol. The van der Waals surface area contributed by atoms with Crippen LogP contribution >= 0.6 is 0 Å². The first-order valence-corrected chi connectivity index (χ1v) is 7.01. The number of rotatable bonds is 6. The highest BCUT2D eigenvalue weighted by molar-refractivity contribution is 5.24. The van der Waals surface area contributed by atoms with E-state index in [1.54, 1.807) is 6.20 Å². The third-order valence-corrected chi connectivity index (χ3v) is 3.50. The van der Waals surface area contributed by atoms with E-state index < -0.39 is 6.10 Å². The summed E-state index contributed by atoms with van der Waals surface area (Å²) in [6.45, 7) is 5.13. The minimum Gasteiger partial charge on any atom is -0.388 e. The lowest BCUT2D eigenvalue weighted by Gasteiger charge is -2.21. The van der Waals surface area contributed by atoms with Crippen molar-refractivity contribution >= 4 is 0 Å². The molecule has 0 aliphatic rings. The summed E-state index contributed by atoms with van der Waals surface area (Å²) in [5.41, 5.74) is 2.09. The average Bonchev–Trinajstić information content (AvgIpc) is 2.90. The van der Waals surface area contributed by atoms with Gasteiger partial charge in [0.2, 0.25) is 0 Å². The number of nitrogens with zero attached hydrogens (tertiary/aromatic N) is 2. The number of aryl methyl sites for hydroxylation is 1. The van der Waals surface area contributed by atoms with Crippen LogP contribution in [0, 0.1) is 0 Å². The van der Waals surface area contributed by atoms with Crippen molar-refractivity contribution < 1.29 is 5.11 Å². The van der Waals surface area contributed by atoms with E-state index >= 15 is 0 Å². The molecule has 0 saturated carbocycles. The summed E-state index contributed by atoms with van der Waals surface area (Å²) in [5.74, 6) is 0.125. The highest BCUT2D eigenvalue weighted by atomic mass is 16.3.